The number of pyridine rings is 1. The molecule has 25 heavy (non-hydrogen) atoms. The summed E-state index contributed by atoms with van der Waals surface area (Å²) in [6.45, 7) is 9.19. The molecular weight excluding hydrogens is 320 g/mol. The molecule has 1 aromatic rings. The molecule has 2 unspecified atom stereocenters. The maximum atomic E-state index is 12.3. The van der Waals surface area contributed by atoms with E-state index in [4.69, 9.17) is 0 Å². The molecule has 1 saturated heterocycles. The number of likely N-dealkylation sites (tertiary alicyclic amines) is 1. The molecule has 138 valence electrons. The van der Waals surface area contributed by atoms with Gasteiger partial charge in [0.2, 0.25) is 0 Å². The number of urea groups is 1. The third kappa shape index (κ3) is 5.08. The quantitative estimate of drug-likeness (QED) is 0.823. The first kappa shape index (κ1) is 19.0. The highest BCUT2D eigenvalue weighted by Gasteiger charge is 2.31. The van der Waals surface area contributed by atoms with Crippen molar-refractivity contribution in [1.29, 1.82) is 0 Å². The Morgan fingerprint density at radius 2 is 2.04 bits per heavy atom. The van der Waals surface area contributed by atoms with Gasteiger partial charge in [0, 0.05) is 38.9 Å². The van der Waals surface area contributed by atoms with Gasteiger partial charge in [-0.25, -0.2) is 9.78 Å². The summed E-state index contributed by atoms with van der Waals surface area (Å²) in [5.74, 6) is -0.199. The van der Waals surface area contributed by atoms with Crippen LogP contribution < -0.4 is 10.2 Å². The van der Waals surface area contributed by atoms with Crippen LogP contribution in [-0.2, 0) is 11.3 Å². The van der Waals surface area contributed by atoms with Crippen LogP contribution in [0.5, 0.6) is 0 Å². The van der Waals surface area contributed by atoms with E-state index in [1.807, 2.05) is 19.1 Å². The van der Waals surface area contributed by atoms with E-state index < -0.39 is 11.9 Å². The van der Waals surface area contributed by atoms with Crippen molar-refractivity contribution in [2.24, 2.45) is 11.8 Å². The SMILES string of the molecule is CCN(CC)c1ccc(CNC(=O)N2CC(C)CC(C(=O)O)C2)cn1. The Balaban J connectivity index is 1.90. The summed E-state index contributed by atoms with van der Waals surface area (Å²) >= 11 is 0. The lowest BCUT2D eigenvalue weighted by molar-refractivity contribution is -0.143. The predicted molar refractivity (Wildman–Crippen MR) is 96.5 cm³/mol. The Hall–Kier alpha value is -2.31. The Morgan fingerprint density at radius 3 is 2.60 bits per heavy atom. The Kier molecular flexibility index (Phi) is 6.61. The first-order chi connectivity index (χ1) is 11.9. The van der Waals surface area contributed by atoms with Crippen LogP contribution in [0.2, 0.25) is 0 Å². The van der Waals surface area contributed by atoms with Gasteiger partial charge < -0.3 is 20.2 Å². The summed E-state index contributed by atoms with van der Waals surface area (Å²) < 4.78 is 0. The highest BCUT2D eigenvalue weighted by Crippen LogP contribution is 2.21. The van der Waals surface area contributed by atoms with Crippen molar-refractivity contribution >= 4 is 17.8 Å². The zero-order chi connectivity index (χ0) is 18.4. The smallest absolute Gasteiger partial charge is 0.317 e. The normalized spacial score (nSPS) is 20.2. The number of aliphatic carboxylic acids is 1. The molecule has 2 amide bonds. The molecule has 2 atom stereocenters. The van der Waals surface area contributed by atoms with Crippen molar-refractivity contribution in [2.45, 2.75) is 33.7 Å². The number of carboxylic acids is 1. The van der Waals surface area contributed by atoms with Crippen LogP contribution in [0.25, 0.3) is 0 Å². The van der Waals surface area contributed by atoms with Crippen molar-refractivity contribution < 1.29 is 14.7 Å². The van der Waals surface area contributed by atoms with E-state index in [2.05, 4.69) is 29.0 Å². The lowest BCUT2D eigenvalue weighted by Gasteiger charge is -2.34. The molecule has 1 aliphatic rings. The molecule has 0 saturated carbocycles. The number of nitrogens with one attached hydrogen (secondary N) is 1. The second-order valence-electron chi connectivity index (χ2n) is 6.64. The van der Waals surface area contributed by atoms with E-state index in [1.165, 1.54) is 0 Å². The fourth-order valence-corrected chi connectivity index (χ4v) is 3.24. The lowest BCUT2D eigenvalue weighted by Crippen LogP contribution is -2.49. The van der Waals surface area contributed by atoms with Crippen molar-refractivity contribution in [3.05, 3.63) is 23.9 Å². The number of anilines is 1. The molecule has 2 N–H and O–H groups in total. The number of hydrogen-bond donors (Lipinski definition) is 2. The fraction of sp³-hybridized carbons (Fsp3) is 0.611. The molecule has 0 radical (unpaired) electrons. The summed E-state index contributed by atoms with van der Waals surface area (Å²) in [6.07, 6.45) is 2.39. The standard InChI is InChI=1S/C18H28N4O3/c1-4-21(5-2)16-7-6-14(9-19-16)10-20-18(25)22-11-13(3)8-15(12-22)17(23)24/h6-7,9,13,15H,4-5,8,10-12H2,1-3H3,(H,20,25)(H,23,24). The van der Waals surface area contributed by atoms with Crippen LogP contribution in [0.1, 0.15) is 32.8 Å². The first-order valence-corrected chi connectivity index (χ1v) is 8.90. The van der Waals surface area contributed by atoms with Crippen LogP contribution >= 0.6 is 0 Å². The second kappa shape index (κ2) is 8.69. The average molecular weight is 348 g/mol. The molecule has 7 nitrogen and oxygen atoms in total. The zero-order valence-electron chi connectivity index (χ0n) is 15.2. The van der Waals surface area contributed by atoms with Gasteiger partial charge >= 0.3 is 12.0 Å². The molecule has 7 heteroatoms. The fourth-order valence-electron chi connectivity index (χ4n) is 3.24. The summed E-state index contributed by atoms with van der Waals surface area (Å²) in [5.41, 5.74) is 0.920. The van der Waals surface area contributed by atoms with Gasteiger partial charge in [-0.05, 0) is 37.8 Å². The number of carbonyl (C=O) groups excluding carboxylic acids is 1. The van der Waals surface area contributed by atoms with Gasteiger partial charge in [-0.3, -0.25) is 4.79 Å². The van der Waals surface area contributed by atoms with E-state index in [9.17, 15) is 14.7 Å². The van der Waals surface area contributed by atoms with Gasteiger partial charge in [0.05, 0.1) is 5.92 Å². The van der Waals surface area contributed by atoms with Crippen molar-refractivity contribution in [2.75, 3.05) is 31.1 Å². The summed E-state index contributed by atoms with van der Waals surface area (Å²) in [5, 5.41) is 12.1. The van der Waals surface area contributed by atoms with Gasteiger partial charge in [0.15, 0.2) is 0 Å². The van der Waals surface area contributed by atoms with Gasteiger partial charge in [-0.15, -0.1) is 0 Å². The minimum absolute atomic E-state index is 0.190. The maximum absolute atomic E-state index is 12.3. The lowest BCUT2D eigenvalue weighted by atomic mass is 9.91. The van der Waals surface area contributed by atoms with E-state index in [-0.39, 0.29) is 18.5 Å². The predicted octanol–water partition coefficient (Wildman–Crippen LogP) is 2.18. The van der Waals surface area contributed by atoms with Crippen molar-refractivity contribution in [3.63, 3.8) is 0 Å². The van der Waals surface area contributed by atoms with E-state index in [0.29, 0.717) is 19.5 Å². The molecule has 0 bridgehead atoms. The van der Waals surface area contributed by atoms with Crippen LogP contribution in [0.3, 0.4) is 0 Å². The van der Waals surface area contributed by atoms with Crippen LogP contribution in [0, 0.1) is 11.8 Å². The van der Waals surface area contributed by atoms with E-state index >= 15 is 0 Å². The summed E-state index contributed by atoms with van der Waals surface area (Å²) in [7, 11) is 0. The van der Waals surface area contributed by atoms with Crippen LogP contribution in [0.4, 0.5) is 10.6 Å². The largest absolute Gasteiger partial charge is 0.481 e. The minimum Gasteiger partial charge on any atom is -0.481 e. The van der Waals surface area contributed by atoms with Crippen LogP contribution in [0.15, 0.2) is 18.3 Å². The monoisotopic (exact) mass is 348 g/mol. The summed E-state index contributed by atoms with van der Waals surface area (Å²) in [4.78, 5) is 31.8. The molecule has 0 aromatic carbocycles. The van der Waals surface area contributed by atoms with E-state index in [0.717, 1.165) is 24.5 Å². The topological polar surface area (TPSA) is 85.8 Å². The van der Waals surface area contributed by atoms with Gasteiger partial charge in [0.25, 0.3) is 0 Å². The highest BCUT2D eigenvalue weighted by molar-refractivity contribution is 5.76. The first-order valence-electron chi connectivity index (χ1n) is 8.90. The molecule has 0 spiro atoms. The highest BCUT2D eigenvalue weighted by atomic mass is 16.4. The van der Waals surface area contributed by atoms with Crippen molar-refractivity contribution in [1.82, 2.24) is 15.2 Å². The molecule has 1 aliphatic heterocycles. The second-order valence-corrected chi connectivity index (χ2v) is 6.64. The molecule has 1 aromatic heterocycles. The van der Waals surface area contributed by atoms with Crippen molar-refractivity contribution in [3.8, 4) is 0 Å². The number of rotatable bonds is 6. The average Bonchev–Trinajstić information content (AvgIpc) is 2.61. The minimum atomic E-state index is -0.833. The number of piperidine rings is 1. The summed E-state index contributed by atoms with van der Waals surface area (Å²) in [6, 6.07) is 3.70. The molecular formula is C18H28N4O3. The Bertz CT molecular complexity index is 586. The van der Waals surface area contributed by atoms with Crippen LogP contribution in [-0.4, -0.2) is 53.2 Å². The van der Waals surface area contributed by atoms with Gasteiger partial charge in [-0.1, -0.05) is 13.0 Å². The number of hydrogen-bond acceptors (Lipinski definition) is 4. The molecule has 1 fully saturated rings. The Labute approximate surface area is 149 Å². The maximum Gasteiger partial charge on any atom is 0.317 e. The third-order valence-electron chi connectivity index (χ3n) is 4.64. The molecule has 2 heterocycles. The number of amides is 2. The number of carbonyl (C=O) groups is 2. The number of nitrogens with zero attached hydrogens (tertiary/aromatic N) is 3. The zero-order valence-corrected chi connectivity index (χ0v) is 15.2. The number of aromatic nitrogens is 1. The third-order valence-corrected chi connectivity index (χ3v) is 4.64. The molecule has 0 aliphatic carbocycles. The molecule has 2 rings (SSSR count). The Morgan fingerprint density at radius 1 is 1.32 bits per heavy atom. The van der Waals surface area contributed by atoms with Gasteiger partial charge in [-0.2, -0.15) is 0 Å². The van der Waals surface area contributed by atoms with Gasteiger partial charge in [0.1, 0.15) is 5.82 Å². The number of carboxylic acid groups (broad SMARTS) is 1. The van der Waals surface area contributed by atoms with E-state index in [1.54, 1.807) is 11.1 Å².